The summed E-state index contributed by atoms with van der Waals surface area (Å²) in [5, 5.41) is 19.2. The highest BCUT2D eigenvalue weighted by atomic mass is 31.2. The van der Waals surface area contributed by atoms with Gasteiger partial charge >= 0.3 is 27.6 Å². The Morgan fingerprint density at radius 3 is 1.52 bits per heavy atom. The van der Waals surface area contributed by atoms with Crippen molar-refractivity contribution in [3.8, 4) is 0 Å². The molecule has 5 N–H and O–H groups in total. The lowest BCUT2D eigenvalue weighted by atomic mass is 10.1. The number of phosphoric acid groups is 2. The Balaban J connectivity index is 4.70. The molecule has 0 spiro atoms. The highest BCUT2D eigenvalue weighted by Gasteiger charge is 2.28. The summed E-state index contributed by atoms with van der Waals surface area (Å²) in [6, 6.07) is 0. The van der Waals surface area contributed by atoms with E-state index in [2.05, 4.69) is 101 Å². The summed E-state index contributed by atoms with van der Waals surface area (Å²) in [5.74, 6) is -1.17. The van der Waals surface area contributed by atoms with Gasteiger partial charge in [-0.2, -0.15) is 0 Å². The maximum atomic E-state index is 12.7. The van der Waals surface area contributed by atoms with Crippen LogP contribution in [0.25, 0.3) is 0 Å². The number of carbonyl (C=O) groups is 2. The van der Waals surface area contributed by atoms with Crippen LogP contribution in [0, 0.1) is 0 Å². The number of hydrogen-bond acceptors (Lipinski definition) is 11. The number of hydrogen-bond donors (Lipinski definition) is 5. The molecular weight excluding hydrogens is 862 g/mol. The van der Waals surface area contributed by atoms with Crippen molar-refractivity contribution in [3.05, 3.63) is 122 Å². The molecule has 0 aromatic rings. The van der Waals surface area contributed by atoms with E-state index in [-0.39, 0.29) is 12.8 Å². The lowest BCUT2D eigenvalue weighted by molar-refractivity contribution is -0.161. The molecule has 0 aromatic heterocycles. The summed E-state index contributed by atoms with van der Waals surface area (Å²) in [7, 11) is -9.73. The summed E-state index contributed by atoms with van der Waals surface area (Å²) in [6.07, 6.45) is 50.0. The fraction of sp³-hybridized carbons (Fsp3) is 0.542. The van der Waals surface area contributed by atoms with E-state index in [1.807, 2.05) is 37.3 Å². The van der Waals surface area contributed by atoms with Crippen LogP contribution in [0.5, 0.6) is 0 Å². The van der Waals surface area contributed by atoms with Gasteiger partial charge in [0.15, 0.2) is 6.10 Å². The fourth-order valence-corrected chi connectivity index (χ4v) is 6.16. The standard InChI is InChI=1S/C48H76O14P2/c1-3-5-6-7-8-9-10-11-12-13-14-15-16-21-24-27-30-33-36-39-48(52)62-46(43-61-64(56,57)60-41-45(50)40-59-63(53,54)55)42-58-47(51)38-35-32-29-26-23-20-18-17-19-22-25-28-31-34-37-44(49)4-2/h5-6,8-9,11-12,14-15,18-22,24,26,28-29,31,34,37,44-46,49-50H,3-4,7,10,13,16-17,23,25,27,30,32-33,35-36,38-43H2,1-2H3,(H,56,57)(H2,53,54,55)/b6-5-,9-8-,12-11-,15-14-,20-18-,22-19-,24-21-,29-26-,31-28-,37-34+/t44-,45-,46+/m0/s1. The number of aliphatic hydroxyl groups is 2. The molecule has 0 aromatic carbocycles. The average Bonchev–Trinajstić information content (AvgIpc) is 3.26. The van der Waals surface area contributed by atoms with Gasteiger partial charge in [-0.15, -0.1) is 0 Å². The van der Waals surface area contributed by atoms with Gasteiger partial charge in [-0.25, -0.2) is 9.13 Å². The Kier molecular flexibility index (Phi) is 39.8. The molecule has 16 heteroatoms. The largest absolute Gasteiger partial charge is 0.472 e. The van der Waals surface area contributed by atoms with E-state index in [0.29, 0.717) is 25.7 Å². The summed E-state index contributed by atoms with van der Waals surface area (Å²) >= 11 is 0. The van der Waals surface area contributed by atoms with Crippen LogP contribution in [0.4, 0.5) is 0 Å². The second-order valence-electron chi connectivity index (χ2n) is 14.4. The van der Waals surface area contributed by atoms with Gasteiger partial charge in [0, 0.05) is 12.8 Å². The van der Waals surface area contributed by atoms with Gasteiger partial charge in [-0.05, 0) is 89.9 Å². The predicted molar refractivity (Wildman–Crippen MR) is 254 cm³/mol. The zero-order valence-electron chi connectivity index (χ0n) is 37.9. The first-order valence-electron chi connectivity index (χ1n) is 22.3. The third kappa shape index (κ3) is 45.1. The second-order valence-corrected chi connectivity index (χ2v) is 17.1. The Labute approximate surface area is 382 Å². The Morgan fingerprint density at radius 2 is 0.984 bits per heavy atom. The first-order chi connectivity index (χ1) is 30.8. The molecule has 0 fully saturated rings. The first-order valence-corrected chi connectivity index (χ1v) is 25.4. The summed E-state index contributed by atoms with van der Waals surface area (Å²) in [6.45, 7) is 1.18. The molecule has 362 valence electrons. The van der Waals surface area contributed by atoms with E-state index in [1.54, 1.807) is 6.08 Å². The smallest absolute Gasteiger partial charge is 0.462 e. The number of allylic oxidation sites excluding steroid dienone is 19. The number of aliphatic hydroxyl groups excluding tert-OH is 2. The average molecular weight is 939 g/mol. The van der Waals surface area contributed by atoms with Gasteiger partial charge in [0.2, 0.25) is 0 Å². The van der Waals surface area contributed by atoms with Crippen LogP contribution in [0.3, 0.4) is 0 Å². The normalized spacial score (nSPS) is 15.5. The minimum absolute atomic E-state index is 0.0648. The van der Waals surface area contributed by atoms with Gasteiger partial charge in [0.05, 0.1) is 25.9 Å². The first kappa shape index (κ1) is 60.5. The van der Waals surface area contributed by atoms with E-state index in [9.17, 15) is 33.8 Å². The van der Waals surface area contributed by atoms with E-state index in [0.717, 1.165) is 70.6 Å². The highest BCUT2D eigenvalue weighted by molar-refractivity contribution is 7.47. The molecule has 1 unspecified atom stereocenters. The van der Waals surface area contributed by atoms with Crippen LogP contribution in [0.2, 0.25) is 0 Å². The van der Waals surface area contributed by atoms with Crippen LogP contribution in [-0.4, -0.2) is 81.6 Å². The maximum Gasteiger partial charge on any atom is 0.472 e. The van der Waals surface area contributed by atoms with Crippen LogP contribution >= 0.6 is 15.6 Å². The molecule has 0 aliphatic rings. The minimum atomic E-state index is -4.88. The Hall–Kier alpha value is -3.52. The van der Waals surface area contributed by atoms with Gasteiger partial charge in [-0.3, -0.25) is 23.2 Å². The van der Waals surface area contributed by atoms with E-state index >= 15 is 0 Å². The summed E-state index contributed by atoms with van der Waals surface area (Å²) in [4.78, 5) is 52.7. The SMILES string of the molecule is CC/C=C\C/C=C\C/C=C\C/C=C\C/C=C\CCCCCC(=O)O[C@H](COC(=O)CCC/C=C\C/C=C\C/C=C\C/C=C\C=C\[C@@H](O)CC)COP(=O)(O)OC[C@@H](O)COP(=O)(O)O. The molecule has 0 heterocycles. The van der Waals surface area contributed by atoms with Crippen molar-refractivity contribution in [1.29, 1.82) is 0 Å². The van der Waals surface area contributed by atoms with Gasteiger partial charge in [-0.1, -0.05) is 142 Å². The fourth-order valence-electron chi connectivity index (χ4n) is 5.01. The number of rotatable bonds is 40. The molecule has 0 aliphatic heterocycles. The third-order valence-corrected chi connectivity index (χ3v) is 9.93. The summed E-state index contributed by atoms with van der Waals surface area (Å²) in [5.41, 5.74) is 0. The number of ether oxygens (including phenoxy) is 2. The molecule has 0 bridgehead atoms. The van der Waals surface area contributed by atoms with Gasteiger partial charge in [0.1, 0.15) is 12.7 Å². The Bertz CT molecular complexity index is 1600. The van der Waals surface area contributed by atoms with Gasteiger partial charge in [0.25, 0.3) is 0 Å². The number of carbonyl (C=O) groups excluding carboxylic acids is 2. The number of unbranched alkanes of at least 4 members (excludes halogenated alkanes) is 4. The molecule has 0 radical (unpaired) electrons. The number of esters is 2. The van der Waals surface area contributed by atoms with Crippen molar-refractivity contribution < 1.29 is 66.7 Å². The molecule has 64 heavy (non-hydrogen) atoms. The van der Waals surface area contributed by atoms with Crippen molar-refractivity contribution in [2.24, 2.45) is 0 Å². The van der Waals surface area contributed by atoms with Crippen molar-refractivity contribution in [2.45, 2.75) is 141 Å². The molecule has 0 rings (SSSR count). The topological polar surface area (TPSA) is 216 Å². The lowest BCUT2D eigenvalue weighted by Gasteiger charge is -2.20. The molecule has 0 amide bonds. The monoisotopic (exact) mass is 938 g/mol. The second kappa shape index (κ2) is 42.1. The van der Waals surface area contributed by atoms with Crippen LogP contribution in [0.1, 0.15) is 123 Å². The van der Waals surface area contributed by atoms with Crippen molar-refractivity contribution in [1.82, 2.24) is 0 Å². The van der Waals surface area contributed by atoms with Crippen LogP contribution in [-0.2, 0) is 41.8 Å². The van der Waals surface area contributed by atoms with E-state index < -0.39 is 72.3 Å². The molecule has 4 atom stereocenters. The van der Waals surface area contributed by atoms with Crippen LogP contribution < -0.4 is 0 Å². The lowest BCUT2D eigenvalue weighted by Crippen LogP contribution is -2.30. The van der Waals surface area contributed by atoms with Crippen molar-refractivity contribution in [2.75, 3.05) is 26.4 Å². The molecule has 0 saturated heterocycles. The maximum absolute atomic E-state index is 12.7. The van der Waals surface area contributed by atoms with E-state index in [1.165, 1.54) is 0 Å². The van der Waals surface area contributed by atoms with Gasteiger partial charge < -0.3 is 34.4 Å². The number of phosphoric ester groups is 2. The quantitative estimate of drug-likeness (QED) is 0.0127. The van der Waals surface area contributed by atoms with Crippen LogP contribution in [0.15, 0.2) is 122 Å². The molecule has 0 aliphatic carbocycles. The minimum Gasteiger partial charge on any atom is -0.462 e. The van der Waals surface area contributed by atoms with Crippen molar-refractivity contribution >= 4 is 27.6 Å². The molecule has 0 saturated carbocycles. The van der Waals surface area contributed by atoms with E-state index in [4.69, 9.17) is 23.8 Å². The predicted octanol–water partition coefficient (Wildman–Crippen LogP) is 10.6. The van der Waals surface area contributed by atoms with Crippen molar-refractivity contribution in [3.63, 3.8) is 0 Å². The zero-order chi connectivity index (χ0) is 47.4. The molecule has 14 nitrogen and oxygen atoms in total. The summed E-state index contributed by atoms with van der Waals surface area (Å²) < 4.78 is 47.7. The third-order valence-electron chi connectivity index (χ3n) is 8.49. The highest BCUT2D eigenvalue weighted by Crippen LogP contribution is 2.43. The Morgan fingerprint density at radius 1 is 0.516 bits per heavy atom. The molecular formula is C48H76O14P2. The zero-order valence-corrected chi connectivity index (χ0v) is 39.7.